The molecule has 0 saturated heterocycles. The molecule has 2 aromatic rings. The van der Waals surface area contributed by atoms with Crippen molar-refractivity contribution in [3.63, 3.8) is 0 Å². The zero-order valence-electron chi connectivity index (χ0n) is 12.2. The Morgan fingerprint density at radius 3 is 2.86 bits per heavy atom. The van der Waals surface area contributed by atoms with Crippen LogP contribution in [-0.2, 0) is 23.1 Å². The first-order valence-electron chi connectivity index (χ1n) is 6.61. The zero-order chi connectivity index (χ0) is 15.4. The smallest absolute Gasteiger partial charge is 0.308 e. The summed E-state index contributed by atoms with van der Waals surface area (Å²) in [4.78, 5) is 12.8. The molecular formula is C12H17IN6O2. The molecule has 2 rings (SSSR count). The van der Waals surface area contributed by atoms with Crippen LogP contribution in [0.1, 0.15) is 20.3 Å². The number of nitrogens with zero attached hydrogens (tertiary/aromatic N) is 6. The molecule has 2 heterocycles. The molecule has 21 heavy (non-hydrogen) atoms. The minimum Gasteiger partial charge on any atom is -0.465 e. The average Bonchev–Trinajstić information content (AvgIpc) is 3.01. The molecular weight excluding hydrogens is 387 g/mol. The molecule has 0 aliphatic rings. The van der Waals surface area contributed by atoms with Crippen LogP contribution in [0, 0.1) is 9.49 Å². The molecule has 0 saturated carbocycles. The van der Waals surface area contributed by atoms with Crippen molar-refractivity contribution >= 4 is 28.6 Å². The molecule has 0 atom stereocenters. The quantitative estimate of drug-likeness (QED) is 0.410. The van der Waals surface area contributed by atoms with E-state index in [-0.39, 0.29) is 11.9 Å². The molecule has 0 spiro atoms. The van der Waals surface area contributed by atoms with Crippen molar-refractivity contribution in [3.8, 4) is 11.5 Å². The minimum atomic E-state index is -0.188. The van der Waals surface area contributed by atoms with E-state index in [1.54, 1.807) is 10.9 Å². The van der Waals surface area contributed by atoms with E-state index in [1.807, 2.05) is 20.9 Å². The maximum Gasteiger partial charge on any atom is 0.308 e. The fourth-order valence-electron chi connectivity index (χ4n) is 1.64. The molecule has 9 heteroatoms. The van der Waals surface area contributed by atoms with Crippen molar-refractivity contribution in [2.24, 2.45) is 13.0 Å². The lowest BCUT2D eigenvalue weighted by atomic mass is 10.2. The molecule has 0 aromatic carbocycles. The lowest BCUT2D eigenvalue weighted by Crippen LogP contribution is -2.14. The van der Waals surface area contributed by atoms with E-state index in [9.17, 15) is 4.79 Å². The minimum absolute atomic E-state index is 0.104. The molecule has 8 nitrogen and oxygen atoms in total. The highest BCUT2D eigenvalue weighted by Crippen LogP contribution is 2.19. The number of esters is 1. The van der Waals surface area contributed by atoms with E-state index in [0.29, 0.717) is 25.4 Å². The van der Waals surface area contributed by atoms with Crippen molar-refractivity contribution in [1.29, 1.82) is 0 Å². The van der Waals surface area contributed by atoms with Gasteiger partial charge in [0, 0.05) is 13.5 Å². The van der Waals surface area contributed by atoms with Gasteiger partial charge in [-0.3, -0.25) is 9.48 Å². The van der Waals surface area contributed by atoms with Crippen LogP contribution in [0.4, 0.5) is 0 Å². The summed E-state index contributed by atoms with van der Waals surface area (Å²) in [6.45, 7) is 4.52. The maximum atomic E-state index is 11.3. The lowest BCUT2D eigenvalue weighted by Gasteiger charge is -2.06. The molecule has 0 N–H and O–H groups in total. The summed E-state index contributed by atoms with van der Waals surface area (Å²) >= 11 is 2.18. The van der Waals surface area contributed by atoms with E-state index < -0.39 is 0 Å². The van der Waals surface area contributed by atoms with Crippen LogP contribution in [0.5, 0.6) is 0 Å². The van der Waals surface area contributed by atoms with Gasteiger partial charge in [0.1, 0.15) is 5.69 Å². The molecule has 0 bridgehead atoms. The van der Waals surface area contributed by atoms with Crippen molar-refractivity contribution in [2.45, 2.75) is 26.8 Å². The number of ether oxygens (including phenoxy) is 1. The number of carbonyl (C=O) groups is 1. The highest BCUT2D eigenvalue weighted by atomic mass is 127. The molecule has 114 valence electrons. The van der Waals surface area contributed by atoms with Crippen molar-refractivity contribution < 1.29 is 9.53 Å². The summed E-state index contributed by atoms with van der Waals surface area (Å²) in [5, 5.41) is 16.5. The standard InChI is InChI=1S/C12H17IN6O2/c1-8(2)12(20)21-6-4-5-19-16-11(15-17-19)10-9(13)7-14-18(10)3/h7-8H,4-6H2,1-3H3. The molecule has 2 aromatic heterocycles. The second-order valence-electron chi connectivity index (χ2n) is 4.85. The van der Waals surface area contributed by atoms with Crippen LogP contribution < -0.4 is 0 Å². The van der Waals surface area contributed by atoms with Gasteiger partial charge >= 0.3 is 5.97 Å². The SMILES string of the molecule is CC(C)C(=O)OCCCn1nnc(-c2c(I)cnn2C)n1. The Bertz CT molecular complexity index is 602. The van der Waals surface area contributed by atoms with Gasteiger partial charge in [-0.15, -0.1) is 10.2 Å². The monoisotopic (exact) mass is 404 g/mol. The van der Waals surface area contributed by atoms with Crippen LogP contribution in [0.15, 0.2) is 6.20 Å². The van der Waals surface area contributed by atoms with Gasteiger partial charge in [-0.2, -0.15) is 9.90 Å². The Kier molecular flexibility index (Phi) is 5.26. The average molecular weight is 404 g/mol. The van der Waals surface area contributed by atoms with Gasteiger partial charge in [-0.25, -0.2) is 0 Å². The highest BCUT2D eigenvalue weighted by Gasteiger charge is 2.14. The molecule has 0 fully saturated rings. The van der Waals surface area contributed by atoms with Gasteiger partial charge in [0.2, 0.25) is 5.82 Å². The van der Waals surface area contributed by atoms with Crippen LogP contribution in [0.3, 0.4) is 0 Å². The van der Waals surface area contributed by atoms with Gasteiger partial charge in [-0.05, 0) is 27.8 Å². The summed E-state index contributed by atoms with van der Waals surface area (Å²) in [6, 6.07) is 0. The molecule has 0 aliphatic carbocycles. The Morgan fingerprint density at radius 2 is 2.24 bits per heavy atom. The number of halogens is 1. The first-order chi connectivity index (χ1) is 9.99. The van der Waals surface area contributed by atoms with Crippen LogP contribution >= 0.6 is 22.6 Å². The predicted octanol–water partition coefficient (Wildman–Crippen LogP) is 1.27. The lowest BCUT2D eigenvalue weighted by molar-refractivity contribution is -0.147. The molecule has 0 radical (unpaired) electrons. The van der Waals surface area contributed by atoms with Crippen molar-refractivity contribution in [3.05, 3.63) is 9.77 Å². The highest BCUT2D eigenvalue weighted by molar-refractivity contribution is 14.1. The largest absolute Gasteiger partial charge is 0.465 e. The number of carbonyl (C=O) groups excluding carboxylic acids is 1. The summed E-state index contributed by atoms with van der Waals surface area (Å²) in [6.07, 6.45) is 2.40. The second-order valence-corrected chi connectivity index (χ2v) is 6.01. The van der Waals surface area contributed by atoms with Crippen molar-refractivity contribution in [1.82, 2.24) is 30.0 Å². The Morgan fingerprint density at radius 1 is 1.48 bits per heavy atom. The zero-order valence-corrected chi connectivity index (χ0v) is 14.3. The van der Waals surface area contributed by atoms with Gasteiger partial charge in [0.15, 0.2) is 0 Å². The second kappa shape index (κ2) is 6.96. The van der Waals surface area contributed by atoms with Crippen LogP contribution in [0.25, 0.3) is 11.5 Å². The van der Waals surface area contributed by atoms with Crippen molar-refractivity contribution in [2.75, 3.05) is 6.61 Å². The van der Waals surface area contributed by atoms with Crippen LogP contribution in [-0.4, -0.2) is 42.6 Å². The molecule has 0 unspecified atom stereocenters. The maximum absolute atomic E-state index is 11.3. The third-order valence-corrected chi connectivity index (χ3v) is 3.57. The topological polar surface area (TPSA) is 87.7 Å². The predicted molar refractivity (Wildman–Crippen MR) is 83.2 cm³/mol. The van der Waals surface area contributed by atoms with E-state index in [2.05, 4.69) is 43.1 Å². The summed E-state index contributed by atoms with van der Waals surface area (Å²) < 4.78 is 7.79. The Hall–Kier alpha value is -1.52. The summed E-state index contributed by atoms with van der Waals surface area (Å²) in [5.41, 5.74) is 0.841. The third-order valence-electron chi connectivity index (χ3n) is 2.78. The number of rotatable bonds is 6. The fourth-order valence-corrected chi connectivity index (χ4v) is 2.36. The van der Waals surface area contributed by atoms with E-state index in [1.165, 1.54) is 4.80 Å². The molecule has 0 amide bonds. The van der Waals surface area contributed by atoms with E-state index in [0.717, 1.165) is 9.26 Å². The van der Waals surface area contributed by atoms with Gasteiger partial charge in [0.25, 0.3) is 0 Å². The van der Waals surface area contributed by atoms with Gasteiger partial charge in [-0.1, -0.05) is 13.8 Å². The number of aryl methyl sites for hydroxylation is 2. The number of aromatic nitrogens is 6. The van der Waals surface area contributed by atoms with E-state index >= 15 is 0 Å². The Labute approximate surface area is 136 Å². The number of hydrogen-bond acceptors (Lipinski definition) is 6. The third kappa shape index (κ3) is 3.99. The summed E-state index contributed by atoms with van der Waals surface area (Å²) in [5.74, 6) is 0.248. The van der Waals surface area contributed by atoms with Gasteiger partial charge in [0.05, 0.1) is 28.8 Å². The van der Waals surface area contributed by atoms with E-state index in [4.69, 9.17) is 4.74 Å². The summed E-state index contributed by atoms with van der Waals surface area (Å²) in [7, 11) is 1.84. The fraction of sp³-hybridized carbons (Fsp3) is 0.583. The van der Waals surface area contributed by atoms with Gasteiger partial charge < -0.3 is 4.74 Å². The Balaban J connectivity index is 1.88. The first-order valence-corrected chi connectivity index (χ1v) is 7.69. The molecule has 0 aliphatic heterocycles. The van der Waals surface area contributed by atoms with Crippen LogP contribution in [0.2, 0.25) is 0 Å². The normalized spacial score (nSPS) is 11.1. The number of tetrazole rings is 1. The first kappa shape index (κ1) is 15.9. The number of hydrogen-bond donors (Lipinski definition) is 0.